The fourth-order valence-corrected chi connectivity index (χ4v) is 12.8. The average molecular weight is 1280 g/mol. The maximum absolute atomic E-state index is 12.7. The normalized spacial score (nSPS) is 17.2. The first-order valence-electron chi connectivity index (χ1n) is 30.0. The van der Waals surface area contributed by atoms with E-state index in [4.69, 9.17) is 33.9 Å². The third-order valence-electron chi connectivity index (χ3n) is 16.1. The van der Waals surface area contributed by atoms with Crippen molar-refractivity contribution in [2.45, 2.75) is 105 Å². The number of azo groups is 2. The molecule has 0 radical (unpaired) electrons. The van der Waals surface area contributed by atoms with Gasteiger partial charge in [0.05, 0.1) is 73.5 Å². The number of nitriles is 1. The fraction of sp³-hybridized carbons (Fsp3) is 0.412. The average Bonchev–Trinajstić information content (AvgIpc) is 2.13. The minimum Gasteiger partial charge on any atom is -0.550 e. The maximum atomic E-state index is 12.7. The Morgan fingerprint density at radius 3 is 1.59 bits per heavy atom. The minimum atomic E-state index is -1.19. The first-order chi connectivity index (χ1) is 43.6. The number of rotatable bonds is 23. The number of carbonyl (C=O) groups excluding carboxylic acids is 4. The van der Waals surface area contributed by atoms with Crippen LogP contribution in [0.1, 0.15) is 116 Å². The first-order valence-corrected chi connectivity index (χ1v) is 31.6. The van der Waals surface area contributed by atoms with Crippen LogP contribution in [0.15, 0.2) is 118 Å². The van der Waals surface area contributed by atoms with Crippen LogP contribution < -0.4 is 44.5 Å². The van der Waals surface area contributed by atoms with Gasteiger partial charge in [-0.05, 0) is 130 Å². The molecule has 0 amide bonds. The zero-order chi connectivity index (χ0) is 64.7. The van der Waals surface area contributed by atoms with Gasteiger partial charge in [0.15, 0.2) is 0 Å². The van der Waals surface area contributed by atoms with Crippen LogP contribution in [-0.4, -0.2) is 81.6 Å². The van der Waals surface area contributed by atoms with Crippen LogP contribution in [0.4, 0.5) is 49.1 Å². The van der Waals surface area contributed by atoms with Crippen LogP contribution in [0.25, 0.3) is 14.5 Å². The molecule has 4 aromatic carbocycles. The van der Waals surface area contributed by atoms with Crippen molar-refractivity contribution in [3.63, 3.8) is 0 Å². The molecule has 0 spiro atoms. The Kier molecular flexibility index (Phi) is 28.6. The maximum Gasteiger partial charge on any atom is 1.00 e. The zero-order valence-corrected chi connectivity index (χ0v) is 56.1. The number of carboxylic acid groups (broad SMARTS) is 1. The van der Waals surface area contributed by atoms with E-state index >= 15 is 0 Å². The van der Waals surface area contributed by atoms with Gasteiger partial charge < -0.3 is 43.8 Å². The van der Waals surface area contributed by atoms with Gasteiger partial charge in [0, 0.05) is 49.4 Å². The second-order valence-electron chi connectivity index (χ2n) is 21.7. The first kappa shape index (κ1) is 72.1. The van der Waals surface area contributed by atoms with Crippen LogP contribution >= 0.6 is 22.7 Å². The van der Waals surface area contributed by atoms with Gasteiger partial charge >= 0.3 is 47.5 Å². The van der Waals surface area contributed by atoms with Crippen molar-refractivity contribution in [3.8, 4) is 6.07 Å². The molecular weight excluding hydrogens is 1200 g/mol. The van der Waals surface area contributed by atoms with E-state index in [0.29, 0.717) is 86.2 Å². The number of fused-ring (bicyclic) bond motifs is 1. The van der Waals surface area contributed by atoms with Crippen molar-refractivity contribution < 1.29 is 77.9 Å². The fourth-order valence-electron chi connectivity index (χ4n) is 11.0. The van der Waals surface area contributed by atoms with Crippen molar-refractivity contribution in [1.29, 1.82) is 5.26 Å². The molecule has 3 fully saturated rings. The van der Waals surface area contributed by atoms with Gasteiger partial charge in [-0.3, -0.25) is 14.4 Å². The molecule has 6 atom stereocenters. The molecule has 2 aliphatic carbocycles. The van der Waals surface area contributed by atoms with Crippen LogP contribution in [0.5, 0.6) is 0 Å². The Bertz CT molecular complexity index is 3680. The molecule has 2 aromatic heterocycles. The zero-order valence-electron chi connectivity index (χ0n) is 52.4. The van der Waals surface area contributed by atoms with Crippen molar-refractivity contribution in [3.05, 3.63) is 170 Å². The molecule has 23 heteroatoms. The van der Waals surface area contributed by atoms with Crippen molar-refractivity contribution in [2.75, 3.05) is 62.4 Å². The minimum absolute atomic E-state index is 0. The molecular formula is C68H73N10NaO10S2. The number of esters is 3. The molecule has 6 unspecified atom stereocenters. The van der Waals surface area contributed by atoms with Gasteiger partial charge in [-0.2, -0.15) is 25.7 Å². The summed E-state index contributed by atoms with van der Waals surface area (Å²) in [4.78, 5) is 61.5. The number of aliphatic carboxylic acids is 1. The number of nitrogens with zero attached hydrogens (tertiary/aromatic N) is 10. The number of carboxylic acids is 1. The van der Waals surface area contributed by atoms with E-state index in [9.17, 15) is 34.7 Å². The number of ether oxygens (including phenoxy) is 4. The summed E-state index contributed by atoms with van der Waals surface area (Å²) in [5.74, 6) is -3.95. The van der Waals surface area contributed by atoms with E-state index < -0.39 is 23.8 Å². The monoisotopic (exact) mass is 1280 g/mol. The molecule has 3 heterocycles. The number of aryl methyl sites for hydroxylation is 2. The number of benzene rings is 4. The van der Waals surface area contributed by atoms with Crippen LogP contribution in [0.2, 0.25) is 0 Å². The molecule has 91 heavy (non-hydrogen) atoms. The van der Waals surface area contributed by atoms with Crippen molar-refractivity contribution in [2.24, 2.45) is 44.1 Å². The van der Waals surface area contributed by atoms with Gasteiger partial charge in [-0.15, -0.1) is 22.7 Å². The summed E-state index contributed by atoms with van der Waals surface area (Å²) in [6.45, 7) is 36.8. The molecule has 3 aliphatic rings. The Balaban J connectivity index is 0.000000250. The van der Waals surface area contributed by atoms with Gasteiger partial charge in [-0.25, -0.2) is 14.5 Å². The summed E-state index contributed by atoms with van der Waals surface area (Å²) >= 11 is 2.35. The molecule has 468 valence electrons. The van der Waals surface area contributed by atoms with E-state index in [2.05, 4.69) is 75.5 Å². The predicted octanol–water partition coefficient (Wildman–Crippen LogP) is 12.2. The van der Waals surface area contributed by atoms with E-state index in [-0.39, 0.29) is 92.0 Å². The Hall–Kier alpha value is -8.00. The number of thiophene rings is 2. The number of carbonyl (C=O) groups is 4. The molecule has 2 saturated carbocycles. The van der Waals surface area contributed by atoms with E-state index in [1.54, 1.807) is 13.8 Å². The Labute approximate surface area is 562 Å². The van der Waals surface area contributed by atoms with Gasteiger partial charge in [-0.1, -0.05) is 93.3 Å². The smallest absolute Gasteiger partial charge is 0.550 e. The Morgan fingerprint density at radius 2 is 1.14 bits per heavy atom. The topological polar surface area (TPSA) is 241 Å². The quantitative estimate of drug-likeness (QED) is 0.0157. The largest absolute Gasteiger partial charge is 1.00 e. The number of aliphatic hydroxyl groups excluding tert-OH is 1. The van der Waals surface area contributed by atoms with Gasteiger partial charge in [0.1, 0.15) is 34.9 Å². The summed E-state index contributed by atoms with van der Waals surface area (Å²) in [7, 11) is 0. The molecule has 20 nitrogen and oxygen atoms in total. The van der Waals surface area contributed by atoms with E-state index in [0.717, 1.165) is 90.0 Å². The van der Waals surface area contributed by atoms with Crippen LogP contribution in [0, 0.1) is 82.4 Å². The number of anilines is 2. The van der Waals surface area contributed by atoms with E-state index in [1.807, 2.05) is 105 Å². The second kappa shape index (κ2) is 36.1. The predicted molar refractivity (Wildman–Crippen MR) is 343 cm³/mol. The second-order valence-corrected chi connectivity index (χ2v) is 23.7. The molecule has 9 rings (SSSR count). The molecule has 1 saturated heterocycles. The summed E-state index contributed by atoms with van der Waals surface area (Å²) in [5.41, 5.74) is 9.30. The number of hydrogen-bond donors (Lipinski definition) is 1. The van der Waals surface area contributed by atoms with E-state index in [1.165, 1.54) is 11.3 Å². The molecule has 6 aromatic rings. The SMILES string of the molecule is O=C1OC(=O)C2CCCCC12.[C-]#[N+]c1c(N=Nc2ccc(N(CC)CC(OCCOC(=O)C3CCCCC3C(=O)[O-])c3ccccc3)cc2C)sc(C#N)c1C.[C-]#[N+]c1sc(N=Nc2ccc(N(CC)CC(OCCO)c3ccccc3)cc2C)c([N+]#[C-])c1C.[Na+]. The Morgan fingerprint density at radius 1 is 0.670 bits per heavy atom. The molecule has 1 N–H and O–H groups in total. The van der Waals surface area contributed by atoms with Gasteiger partial charge in [0.25, 0.3) is 0 Å². The van der Waals surface area contributed by atoms with Crippen molar-refractivity contribution in [1.82, 2.24) is 0 Å². The third-order valence-corrected chi connectivity index (χ3v) is 18.2. The molecule has 1 aliphatic heterocycles. The number of aliphatic hydroxyl groups is 1. The summed E-state index contributed by atoms with van der Waals surface area (Å²) in [5, 5.41) is 48.7. The van der Waals surface area contributed by atoms with Crippen molar-refractivity contribution >= 4 is 95.7 Å². The number of likely N-dealkylation sites (N-methyl/N-ethyl adjacent to an activating group) is 2. The number of hydrogen-bond acceptors (Lipinski definition) is 19. The standard InChI is InChI=1S/C34H37N5O5S.C26H27N5O2S.C8H10O3.Na/c1-5-39(25-15-16-28(22(2)19-25)37-38-32-31(36-4)23(3)30(20-35)45-32)21-29(24-11-7-6-8-12-24)43-17-18-44-34(42)27-14-10-9-13-26(27)33(40)41;1-6-31(17-23(33-15-14-32)20-10-8-7-9-11-20)21-12-13-22(18(2)16-21)29-30-26-24(27-4)19(3)25(28-5)34-26;9-7-5-3-1-2-4-6(5)8(10)11-7;/h6-8,11-12,15-16,19,26-27,29H,5,9-10,13-14,17-18,21H2,1-3H3,(H,40,41);7-13,16,23,32H,6,14-15,17H2,1-3H3;5-6H,1-4H2;/q;;;+1/p-1. The summed E-state index contributed by atoms with van der Waals surface area (Å²) in [6.07, 6.45) is 5.81. The van der Waals surface area contributed by atoms with Crippen LogP contribution in [-0.2, 0) is 38.1 Å². The number of cyclic esters (lactones) is 2. The summed E-state index contributed by atoms with van der Waals surface area (Å²) in [6, 6.07) is 33.8. The molecule has 0 bridgehead atoms. The third kappa shape index (κ3) is 19.3. The summed E-state index contributed by atoms with van der Waals surface area (Å²) < 4.78 is 22.2. The van der Waals surface area contributed by atoms with Gasteiger partial charge in [0.2, 0.25) is 16.4 Å². The van der Waals surface area contributed by atoms with Crippen LogP contribution in [0.3, 0.4) is 0 Å².